The molecule has 0 saturated carbocycles. The van der Waals surface area contributed by atoms with Gasteiger partial charge in [-0.25, -0.2) is 0 Å². The molecule has 0 atom stereocenters. The average Bonchev–Trinajstić information content (AvgIpc) is 2.59. The fraction of sp³-hybridized carbons (Fsp3) is 0.118. The second kappa shape index (κ2) is 9.51. The predicted molar refractivity (Wildman–Crippen MR) is 107 cm³/mol. The van der Waals surface area contributed by atoms with Gasteiger partial charge in [0, 0.05) is 10.6 Å². The zero-order valence-electron chi connectivity index (χ0n) is 13.6. The number of hydrogen-bond acceptors (Lipinski definition) is 4. The zero-order valence-corrected chi connectivity index (χ0v) is 16.8. The number of thiocarbonyl (C=S) groups is 1. The van der Waals surface area contributed by atoms with E-state index in [9.17, 15) is 9.59 Å². The lowest BCUT2D eigenvalue weighted by Crippen LogP contribution is -2.49. The van der Waals surface area contributed by atoms with Crippen LogP contribution in [-0.4, -0.2) is 23.5 Å². The second-order valence-electron chi connectivity index (χ2n) is 5.19. The van der Waals surface area contributed by atoms with Crippen LogP contribution >= 0.6 is 39.7 Å². The normalized spacial score (nSPS) is 9.96. The minimum Gasteiger partial charge on any atom is -0.483 e. The molecule has 136 valence electrons. The van der Waals surface area contributed by atoms with Crippen molar-refractivity contribution in [2.75, 3.05) is 6.61 Å². The van der Waals surface area contributed by atoms with Gasteiger partial charge in [-0.2, -0.15) is 0 Å². The van der Waals surface area contributed by atoms with Crippen molar-refractivity contribution in [3.63, 3.8) is 0 Å². The van der Waals surface area contributed by atoms with Gasteiger partial charge < -0.3 is 4.74 Å². The molecule has 2 aromatic rings. The molecule has 0 unspecified atom stereocenters. The highest BCUT2D eigenvalue weighted by molar-refractivity contribution is 9.10. The number of carbonyl (C=O) groups excluding carboxylic acids is 2. The Balaban J connectivity index is 1.76. The standard InChI is InChI=1S/C17H15BrClN3O3S/c1-10-5-6-14(13(18)7-10)25-9-15(23)20-17(26)22-21-16(24)11-3-2-4-12(19)8-11/h2-8H,9H2,1H3,(H,21,24)(H2,20,22,23,26). The van der Waals surface area contributed by atoms with Crippen LogP contribution < -0.4 is 20.9 Å². The molecule has 0 radical (unpaired) electrons. The van der Waals surface area contributed by atoms with E-state index in [1.54, 1.807) is 24.3 Å². The summed E-state index contributed by atoms with van der Waals surface area (Å²) in [7, 11) is 0. The van der Waals surface area contributed by atoms with Gasteiger partial charge in [0.1, 0.15) is 5.75 Å². The molecule has 0 aliphatic rings. The number of amides is 2. The average molecular weight is 457 g/mol. The third kappa shape index (κ3) is 6.29. The van der Waals surface area contributed by atoms with Crippen molar-refractivity contribution < 1.29 is 14.3 Å². The molecule has 3 N–H and O–H groups in total. The van der Waals surface area contributed by atoms with E-state index in [0.717, 1.165) is 10.0 Å². The summed E-state index contributed by atoms with van der Waals surface area (Å²) < 4.78 is 6.16. The minimum atomic E-state index is -0.466. The van der Waals surface area contributed by atoms with E-state index in [1.807, 2.05) is 19.1 Å². The summed E-state index contributed by atoms with van der Waals surface area (Å²) in [6.07, 6.45) is 0. The SMILES string of the molecule is Cc1ccc(OCC(=O)NC(=S)NNC(=O)c2cccc(Cl)c2)c(Br)c1. The van der Waals surface area contributed by atoms with Gasteiger partial charge in [-0.1, -0.05) is 23.7 Å². The van der Waals surface area contributed by atoms with Gasteiger partial charge in [0.15, 0.2) is 11.7 Å². The highest BCUT2D eigenvalue weighted by atomic mass is 79.9. The summed E-state index contributed by atoms with van der Waals surface area (Å²) in [5, 5.41) is 2.78. The Morgan fingerprint density at radius 3 is 2.65 bits per heavy atom. The number of carbonyl (C=O) groups is 2. The first-order valence-electron chi connectivity index (χ1n) is 7.40. The molecule has 9 heteroatoms. The van der Waals surface area contributed by atoms with Crippen molar-refractivity contribution in [3.8, 4) is 5.75 Å². The minimum absolute atomic E-state index is 0.0584. The Morgan fingerprint density at radius 2 is 1.96 bits per heavy atom. The van der Waals surface area contributed by atoms with Crippen LogP contribution in [0.4, 0.5) is 0 Å². The number of nitrogens with one attached hydrogen (secondary N) is 3. The molecule has 0 spiro atoms. The first-order valence-corrected chi connectivity index (χ1v) is 8.98. The summed E-state index contributed by atoms with van der Waals surface area (Å²) in [5.74, 6) is -0.366. The van der Waals surface area contributed by atoms with E-state index in [1.165, 1.54) is 6.07 Å². The van der Waals surface area contributed by atoms with E-state index in [4.69, 9.17) is 28.6 Å². The number of ether oxygens (including phenoxy) is 1. The summed E-state index contributed by atoms with van der Waals surface area (Å²) in [5.41, 5.74) is 6.23. The smallest absolute Gasteiger partial charge is 0.269 e. The Morgan fingerprint density at radius 1 is 1.19 bits per heavy atom. The molecule has 0 aromatic heterocycles. The third-order valence-corrected chi connectivity index (χ3v) is 4.13. The summed E-state index contributed by atoms with van der Waals surface area (Å²) in [4.78, 5) is 23.8. The van der Waals surface area contributed by atoms with Crippen molar-refractivity contribution in [3.05, 3.63) is 63.1 Å². The lowest BCUT2D eigenvalue weighted by Gasteiger charge is -2.12. The fourth-order valence-corrected chi connectivity index (χ4v) is 2.84. The molecule has 6 nitrogen and oxygen atoms in total. The lowest BCUT2D eigenvalue weighted by atomic mass is 10.2. The van der Waals surface area contributed by atoms with E-state index in [2.05, 4.69) is 32.1 Å². The topological polar surface area (TPSA) is 79.5 Å². The van der Waals surface area contributed by atoms with Crippen molar-refractivity contribution in [1.82, 2.24) is 16.2 Å². The van der Waals surface area contributed by atoms with Crippen molar-refractivity contribution >= 4 is 56.7 Å². The summed E-state index contributed by atoms with van der Waals surface area (Å²) in [6, 6.07) is 11.9. The van der Waals surface area contributed by atoms with Crippen LogP contribution in [0.1, 0.15) is 15.9 Å². The van der Waals surface area contributed by atoms with Crippen LogP contribution in [0.2, 0.25) is 5.02 Å². The molecule has 0 aliphatic heterocycles. The second-order valence-corrected chi connectivity index (χ2v) is 6.89. The zero-order chi connectivity index (χ0) is 19.1. The molecule has 0 heterocycles. The molecule has 0 bridgehead atoms. The lowest BCUT2D eigenvalue weighted by molar-refractivity contribution is -0.121. The van der Waals surface area contributed by atoms with E-state index >= 15 is 0 Å². The van der Waals surface area contributed by atoms with E-state index < -0.39 is 11.8 Å². The summed E-state index contributed by atoms with van der Waals surface area (Å²) in [6.45, 7) is 1.72. The first kappa shape index (κ1) is 20.2. The van der Waals surface area contributed by atoms with Crippen molar-refractivity contribution in [2.24, 2.45) is 0 Å². The Hall–Kier alpha value is -2.16. The third-order valence-electron chi connectivity index (χ3n) is 3.08. The quantitative estimate of drug-likeness (QED) is 0.487. The van der Waals surface area contributed by atoms with Crippen LogP contribution in [0.5, 0.6) is 5.75 Å². The molecule has 26 heavy (non-hydrogen) atoms. The maximum Gasteiger partial charge on any atom is 0.269 e. The number of rotatable bonds is 4. The van der Waals surface area contributed by atoms with Crippen LogP contribution in [0.3, 0.4) is 0 Å². The molecule has 0 saturated heterocycles. The van der Waals surface area contributed by atoms with E-state index in [-0.39, 0.29) is 11.7 Å². The van der Waals surface area contributed by atoms with E-state index in [0.29, 0.717) is 16.3 Å². The molecule has 2 amide bonds. The number of hydrogen-bond donors (Lipinski definition) is 3. The first-order chi connectivity index (χ1) is 12.3. The van der Waals surface area contributed by atoms with Crippen LogP contribution in [0, 0.1) is 6.92 Å². The summed E-state index contributed by atoms with van der Waals surface area (Å²) >= 11 is 14.1. The van der Waals surface area contributed by atoms with Gasteiger partial charge in [0.05, 0.1) is 4.47 Å². The largest absolute Gasteiger partial charge is 0.483 e. The maximum atomic E-state index is 11.9. The molecule has 2 aromatic carbocycles. The number of halogens is 2. The Bertz CT molecular complexity index is 848. The van der Waals surface area contributed by atoms with Crippen LogP contribution in [0.25, 0.3) is 0 Å². The molecular weight excluding hydrogens is 442 g/mol. The van der Waals surface area contributed by atoms with Gasteiger partial charge in [-0.3, -0.25) is 25.8 Å². The Labute approximate surface area is 169 Å². The molecule has 2 rings (SSSR count). The number of benzene rings is 2. The number of hydrazine groups is 1. The van der Waals surface area contributed by atoms with Gasteiger partial charge in [-0.05, 0) is 71.0 Å². The van der Waals surface area contributed by atoms with Crippen molar-refractivity contribution in [2.45, 2.75) is 6.92 Å². The molecule has 0 aliphatic carbocycles. The van der Waals surface area contributed by atoms with Gasteiger partial charge in [0.25, 0.3) is 11.8 Å². The van der Waals surface area contributed by atoms with Crippen LogP contribution in [-0.2, 0) is 4.79 Å². The maximum absolute atomic E-state index is 11.9. The highest BCUT2D eigenvalue weighted by Crippen LogP contribution is 2.25. The number of aryl methyl sites for hydroxylation is 1. The van der Waals surface area contributed by atoms with Gasteiger partial charge in [0.2, 0.25) is 0 Å². The fourth-order valence-electron chi connectivity index (χ4n) is 1.88. The Kier molecular flexibility index (Phi) is 7.38. The van der Waals surface area contributed by atoms with Crippen LogP contribution in [0.15, 0.2) is 46.9 Å². The van der Waals surface area contributed by atoms with Gasteiger partial charge in [-0.15, -0.1) is 0 Å². The van der Waals surface area contributed by atoms with Gasteiger partial charge >= 0.3 is 0 Å². The monoisotopic (exact) mass is 455 g/mol. The predicted octanol–water partition coefficient (Wildman–Crippen LogP) is 3.13. The molecular formula is C17H15BrClN3O3S. The van der Waals surface area contributed by atoms with Crippen molar-refractivity contribution in [1.29, 1.82) is 0 Å². The highest BCUT2D eigenvalue weighted by Gasteiger charge is 2.10. The molecule has 0 fully saturated rings.